The lowest BCUT2D eigenvalue weighted by Gasteiger charge is -2.14. The van der Waals surface area contributed by atoms with Crippen LogP contribution in [0.4, 0.5) is 16.2 Å². The molecule has 0 unspecified atom stereocenters. The maximum absolute atomic E-state index is 12.0. The van der Waals surface area contributed by atoms with Crippen LogP contribution in [-0.2, 0) is 40.3 Å². The van der Waals surface area contributed by atoms with Gasteiger partial charge in [0, 0.05) is 36.3 Å². The van der Waals surface area contributed by atoms with Crippen molar-refractivity contribution in [2.24, 2.45) is 0 Å². The van der Waals surface area contributed by atoms with Gasteiger partial charge in [0.2, 0.25) is 5.89 Å². The standard InChI is InChI=1S/C34H39N3O7/c1-22(2)43-34(40)35-20-27-19-24(5-6-25(27)9-16-32(38)39)21-42-18-17-31-23(3)44-33(37-31)26-7-10-28(11-8-26)36-29-12-14-30(41-4)15-13-29/h5-8,10-15,19,22,36H,9,16-18,20-21H2,1-4H3,(H,35,40)(H,38,39). The molecule has 4 rings (SSSR count). The maximum atomic E-state index is 12.0. The van der Waals surface area contributed by atoms with Crippen LogP contribution in [0.3, 0.4) is 0 Å². The number of aromatic nitrogens is 1. The first-order valence-electron chi connectivity index (χ1n) is 14.5. The van der Waals surface area contributed by atoms with Crippen molar-refractivity contribution >= 4 is 23.4 Å². The first-order valence-corrected chi connectivity index (χ1v) is 14.5. The summed E-state index contributed by atoms with van der Waals surface area (Å²) in [5, 5.41) is 15.2. The molecule has 232 valence electrons. The number of carboxylic acid groups (broad SMARTS) is 1. The van der Waals surface area contributed by atoms with E-state index in [2.05, 4.69) is 10.6 Å². The Kier molecular flexibility index (Phi) is 11.4. The second-order valence-corrected chi connectivity index (χ2v) is 10.6. The molecule has 0 aliphatic heterocycles. The summed E-state index contributed by atoms with van der Waals surface area (Å²) in [5.41, 5.74) is 6.21. The Labute approximate surface area is 257 Å². The quantitative estimate of drug-likeness (QED) is 0.126. The molecule has 0 aliphatic carbocycles. The van der Waals surface area contributed by atoms with E-state index in [1.807, 2.05) is 73.7 Å². The number of anilines is 2. The van der Waals surface area contributed by atoms with Gasteiger partial charge in [-0.25, -0.2) is 9.78 Å². The molecule has 0 saturated carbocycles. The van der Waals surface area contributed by atoms with Gasteiger partial charge in [-0.05, 0) is 92.4 Å². The van der Waals surface area contributed by atoms with E-state index in [1.54, 1.807) is 21.0 Å². The summed E-state index contributed by atoms with van der Waals surface area (Å²) in [6.45, 7) is 6.47. The average Bonchev–Trinajstić information content (AvgIpc) is 3.38. The number of carbonyl (C=O) groups excluding carboxylic acids is 1. The summed E-state index contributed by atoms with van der Waals surface area (Å²) in [6.07, 6.45) is 0.193. The van der Waals surface area contributed by atoms with Crippen LogP contribution in [0.5, 0.6) is 5.75 Å². The Hall–Kier alpha value is -4.83. The zero-order valence-electron chi connectivity index (χ0n) is 25.5. The molecule has 3 aromatic carbocycles. The van der Waals surface area contributed by atoms with Gasteiger partial charge in [0.05, 0.1) is 32.1 Å². The van der Waals surface area contributed by atoms with Gasteiger partial charge in [0.15, 0.2) is 0 Å². The van der Waals surface area contributed by atoms with Gasteiger partial charge in [-0.1, -0.05) is 18.2 Å². The predicted octanol–water partition coefficient (Wildman–Crippen LogP) is 6.81. The molecule has 3 N–H and O–H groups in total. The van der Waals surface area contributed by atoms with E-state index in [-0.39, 0.29) is 19.1 Å². The number of carbonyl (C=O) groups is 2. The fourth-order valence-corrected chi connectivity index (χ4v) is 4.52. The fraction of sp³-hybridized carbons (Fsp3) is 0.324. The molecule has 0 fully saturated rings. The fourth-order valence-electron chi connectivity index (χ4n) is 4.52. The Balaban J connectivity index is 1.31. The highest BCUT2D eigenvalue weighted by molar-refractivity contribution is 5.68. The van der Waals surface area contributed by atoms with Crippen molar-refractivity contribution in [1.82, 2.24) is 10.3 Å². The first-order chi connectivity index (χ1) is 21.2. The van der Waals surface area contributed by atoms with Crippen LogP contribution >= 0.6 is 0 Å². The third kappa shape index (κ3) is 9.60. The number of methoxy groups -OCH3 is 1. The highest BCUT2D eigenvalue weighted by atomic mass is 16.6. The molecule has 10 heteroatoms. The minimum Gasteiger partial charge on any atom is -0.497 e. The molecular formula is C34H39N3O7. The summed E-state index contributed by atoms with van der Waals surface area (Å²) in [5.74, 6) is 1.23. The van der Waals surface area contributed by atoms with Gasteiger partial charge < -0.3 is 34.4 Å². The predicted molar refractivity (Wildman–Crippen MR) is 167 cm³/mol. The summed E-state index contributed by atoms with van der Waals surface area (Å²) < 4.78 is 22.3. The topological polar surface area (TPSA) is 132 Å². The second kappa shape index (κ2) is 15.6. The number of aliphatic carboxylic acids is 1. The minimum atomic E-state index is -0.874. The number of benzene rings is 3. The monoisotopic (exact) mass is 601 g/mol. The van der Waals surface area contributed by atoms with Crippen LogP contribution in [0, 0.1) is 6.92 Å². The van der Waals surface area contributed by atoms with Crippen molar-refractivity contribution in [3.8, 4) is 17.2 Å². The molecule has 0 saturated heterocycles. The highest BCUT2D eigenvalue weighted by Crippen LogP contribution is 2.26. The lowest BCUT2D eigenvalue weighted by molar-refractivity contribution is -0.136. The van der Waals surface area contributed by atoms with Gasteiger partial charge in [-0.2, -0.15) is 0 Å². The van der Waals surface area contributed by atoms with Crippen molar-refractivity contribution in [2.75, 3.05) is 19.0 Å². The minimum absolute atomic E-state index is 0.00303. The molecule has 0 atom stereocenters. The van der Waals surface area contributed by atoms with Gasteiger partial charge in [-0.15, -0.1) is 0 Å². The van der Waals surface area contributed by atoms with Gasteiger partial charge in [0.1, 0.15) is 11.5 Å². The number of carboxylic acids is 1. The molecule has 4 aromatic rings. The Morgan fingerprint density at radius 3 is 2.32 bits per heavy atom. The third-order valence-corrected chi connectivity index (χ3v) is 6.80. The van der Waals surface area contributed by atoms with Crippen molar-refractivity contribution in [3.63, 3.8) is 0 Å². The van der Waals surface area contributed by atoms with E-state index >= 15 is 0 Å². The molecule has 1 aromatic heterocycles. The maximum Gasteiger partial charge on any atom is 0.407 e. The van der Waals surface area contributed by atoms with Crippen molar-refractivity contribution in [2.45, 2.75) is 59.3 Å². The Morgan fingerprint density at radius 1 is 0.955 bits per heavy atom. The third-order valence-electron chi connectivity index (χ3n) is 6.80. The van der Waals surface area contributed by atoms with Gasteiger partial charge in [-0.3, -0.25) is 4.79 Å². The number of alkyl carbamates (subject to hydrolysis) is 1. The van der Waals surface area contributed by atoms with E-state index in [0.29, 0.717) is 31.9 Å². The van der Waals surface area contributed by atoms with Crippen LogP contribution < -0.4 is 15.4 Å². The number of amides is 1. The molecular weight excluding hydrogens is 562 g/mol. The number of nitrogens with zero attached hydrogens (tertiary/aromatic N) is 1. The molecule has 10 nitrogen and oxygen atoms in total. The van der Waals surface area contributed by atoms with Crippen molar-refractivity contribution in [1.29, 1.82) is 0 Å². The van der Waals surface area contributed by atoms with E-state index in [9.17, 15) is 9.59 Å². The Morgan fingerprint density at radius 2 is 1.66 bits per heavy atom. The van der Waals surface area contributed by atoms with Crippen LogP contribution in [0.15, 0.2) is 71.1 Å². The largest absolute Gasteiger partial charge is 0.497 e. The van der Waals surface area contributed by atoms with Crippen LogP contribution in [0.25, 0.3) is 11.5 Å². The van der Waals surface area contributed by atoms with E-state index in [4.69, 9.17) is 28.7 Å². The molecule has 0 bridgehead atoms. The lowest BCUT2D eigenvalue weighted by Crippen LogP contribution is -2.26. The van der Waals surface area contributed by atoms with Crippen molar-refractivity contribution in [3.05, 3.63) is 94.9 Å². The average molecular weight is 602 g/mol. The van der Waals surface area contributed by atoms with E-state index in [1.165, 1.54) is 0 Å². The molecule has 0 radical (unpaired) electrons. The molecule has 1 heterocycles. The summed E-state index contributed by atoms with van der Waals surface area (Å²) in [7, 11) is 1.64. The van der Waals surface area contributed by atoms with Crippen LogP contribution in [0.1, 0.15) is 48.4 Å². The number of ether oxygens (including phenoxy) is 3. The van der Waals surface area contributed by atoms with E-state index < -0.39 is 12.1 Å². The van der Waals surface area contributed by atoms with Crippen LogP contribution in [0.2, 0.25) is 0 Å². The number of oxazole rings is 1. The first kappa shape index (κ1) is 32.1. The number of hydrogen-bond donors (Lipinski definition) is 3. The van der Waals surface area contributed by atoms with Gasteiger partial charge in [0.25, 0.3) is 0 Å². The molecule has 0 aliphatic rings. The SMILES string of the molecule is COc1ccc(Nc2ccc(-c3nc(CCOCc4ccc(CCC(=O)O)c(CNC(=O)OC(C)C)c4)c(C)o3)cc2)cc1. The lowest BCUT2D eigenvalue weighted by atomic mass is 10.00. The number of aryl methyl sites for hydroxylation is 2. The zero-order chi connectivity index (χ0) is 31.5. The molecule has 44 heavy (non-hydrogen) atoms. The highest BCUT2D eigenvalue weighted by Gasteiger charge is 2.13. The molecule has 1 amide bonds. The Bertz CT molecular complexity index is 1530. The zero-order valence-corrected chi connectivity index (χ0v) is 25.5. The number of rotatable bonds is 15. The van der Waals surface area contributed by atoms with Crippen LogP contribution in [-0.4, -0.2) is 42.0 Å². The summed E-state index contributed by atoms with van der Waals surface area (Å²) in [6, 6.07) is 21.3. The summed E-state index contributed by atoms with van der Waals surface area (Å²) >= 11 is 0. The van der Waals surface area contributed by atoms with E-state index in [0.717, 1.165) is 50.8 Å². The number of hydrogen-bond acceptors (Lipinski definition) is 8. The second-order valence-electron chi connectivity index (χ2n) is 10.6. The van der Waals surface area contributed by atoms with Crippen molar-refractivity contribution < 1.29 is 33.3 Å². The smallest absolute Gasteiger partial charge is 0.407 e. The number of nitrogens with one attached hydrogen (secondary N) is 2. The van der Waals surface area contributed by atoms with Gasteiger partial charge >= 0.3 is 12.1 Å². The molecule has 0 spiro atoms. The summed E-state index contributed by atoms with van der Waals surface area (Å²) in [4.78, 5) is 27.8. The normalized spacial score (nSPS) is 10.9.